The molecule has 0 aliphatic heterocycles. The van der Waals surface area contributed by atoms with Crippen LogP contribution in [-0.2, 0) is 20.9 Å². The molecule has 146 valence electrons. The molecule has 0 radical (unpaired) electrons. The summed E-state index contributed by atoms with van der Waals surface area (Å²) in [6, 6.07) is 6.18. The van der Waals surface area contributed by atoms with Crippen molar-refractivity contribution in [3.63, 3.8) is 0 Å². The number of nitrogens with one attached hydrogen (secondary N) is 2. The normalized spacial score (nSPS) is 12.1. The molecule has 0 saturated carbocycles. The molecule has 8 heteroatoms. The van der Waals surface area contributed by atoms with Gasteiger partial charge in [0, 0.05) is 18.1 Å². The third-order valence-electron chi connectivity index (χ3n) is 3.94. The number of benzene rings is 1. The lowest BCUT2D eigenvalue weighted by Gasteiger charge is -2.16. The molecule has 3 N–H and O–H groups in total. The highest BCUT2D eigenvalue weighted by atomic mass is 16.5. The van der Waals surface area contributed by atoms with Gasteiger partial charge in [0.15, 0.2) is 5.76 Å². The SMILES string of the molecule is COCc1c(C(=O)NCC(=O)N[C@@H](CC(C)C)C(=O)O)oc2ccccc12. The number of carboxylic acid groups (broad SMARTS) is 1. The van der Waals surface area contributed by atoms with Gasteiger partial charge >= 0.3 is 5.97 Å². The van der Waals surface area contributed by atoms with Crippen molar-refractivity contribution in [2.45, 2.75) is 32.9 Å². The Balaban J connectivity index is 2.05. The Morgan fingerprint density at radius 1 is 1.22 bits per heavy atom. The Morgan fingerprint density at radius 2 is 1.93 bits per heavy atom. The largest absolute Gasteiger partial charge is 0.480 e. The van der Waals surface area contributed by atoms with Gasteiger partial charge in [-0.15, -0.1) is 0 Å². The van der Waals surface area contributed by atoms with Gasteiger partial charge in [-0.1, -0.05) is 32.0 Å². The zero-order valence-electron chi connectivity index (χ0n) is 15.6. The average molecular weight is 376 g/mol. The van der Waals surface area contributed by atoms with E-state index in [1.54, 1.807) is 12.1 Å². The van der Waals surface area contributed by atoms with Gasteiger partial charge in [-0.05, 0) is 18.4 Å². The number of hydrogen-bond acceptors (Lipinski definition) is 5. The summed E-state index contributed by atoms with van der Waals surface area (Å²) in [5, 5.41) is 14.8. The number of furan rings is 1. The number of methoxy groups -OCH3 is 1. The standard InChI is InChI=1S/C19H24N2O6/c1-11(2)8-14(19(24)25)21-16(22)9-20-18(23)17-13(10-26-3)12-6-4-5-7-15(12)27-17/h4-7,11,14H,8-10H2,1-3H3,(H,20,23)(H,21,22)(H,24,25)/t14-/m0/s1. The van der Waals surface area contributed by atoms with E-state index < -0.39 is 23.8 Å². The maximum atomic E-state index is 12.5. The summed E-state index contributed by atoms with van der Waals surface area (Å²) >= 11 is 0. The number of carbonyl (C=O) groups is 3. The first-order valence-electron chi connectivity index (χ1n) is 8.63. The van der Waals surface area contributed by atoms with Gasteiger partial charge in [-0.3, -0.25) is 9.59 Å². The Bertz CT molecular complexity index is 827. The third kappa shape index (κ3) is 5.30. The fraction of sp³-hybridized carbons (Fsp3) is 0.421. The van der Waals surface area contributed by atoms with Gasteiger partial charge in [0.1, 0.15) is 11.6 Å². The van der Waals surface area contributed by atoms with Crippen molar-refractivity contribution in [3.05, 3.63) is 35.6 Å². The van der Waals surface area contributed by atoms with Crippen molar-refractivity contribution in [2.24, 2.45) is 5.92 Å². The number of ether oxygens (including phenoxy) is 1. The lowest BCUT2D eigenvalue weighted by atomic mass is 10.0. The van der Waals surface area contributed by atoms with Crippen molar-refractivity contribution in [1.82, 2.24) is 10.6 Å². The molecule has 1 aromatic carbocycles. The number of aliphatic carboxylic acids is 1. The van der Waals surface area contributed by atoms with E-state index in [2.05, 4.69) is 10.6 Å². The number of fused-ring (bicyclic) bond motifs is 1. The molecule has 2 amide bonds. The molecule has 1 heterocycles. The van der Waals surface area contributed by atoms with E-state index in [4.69, 9.17) is 9.15 Å². The van der Waals surface area contributed by atoms with Gasteiger partial charge in [0.25, 0.3) is 5.91 Å². The number of para-hydroxylation sites is 1. The minimum atomic E-state index is -1.11. The van der Waals surface area contributed by atoms with Crippen LogP contribution in [0.2, 0.25) is 0 Å². The second-order valence-electron chi connectivity index (χ2n) is 6.61. The van der Waals surface area contributed by atoms with Crippen molar-refractivity contribution in [1.29, 1.82) is 0 Å². The number of carboxylic acids is 1. The summed E-state index contributed by atoms with van der Waals surface area (Å²) in [6.45, 7) is 3.55. The molecule has 27 heavy (non-hydrogen) atoms. The van der Waals surface area contributed by atoms with Crippen LogP contribution in [0.1, 0.15) is 36.4 Å². The van der Waals surface area contributed by atoms with E-state index in [-0.39, 0.29) is 24.8 Å². The van der Waals surface area contributed by atoms with Crippen LogP contribution >= 0.6 is 0 Å². The predicted octanol–water partition coefficient (Wildman–Crippen LogP) is 1.92. The lowest BCUT2D eigenvalue weighted by molar-refractivity contribution is -0.142. The van der Waals surface area contributed by atoms with Crippen molar-refractivity contribution < 1.29 is 28.6 Å². The van der Waals surface area contributed by atoms with E-state index in [0.717, 1.165) is 5.39 Å². The fourth-order valence-electron chi connectivity index (χ4n) is 2.75. The maximum absolute atomic E-state index is 12.5. The molecule has 0 saturated heterocycles. The highest BCUT2D eigenvalue weighted by Crippen LogP contribution is 2.26. The minimum Gasteiger partial charge on any atom is -0.480 e. The average Bonchev–Trinajstić information content (AvgIpc) is 2.98. The molecule has 2 aromatic rings. The molecule has 1 aromatic heterocycles. The maximum Gasteiger partial charge on any atom is 0.326 e. The highest BCUT2D eigenvalue weighted by Gasteiger charge is 2.23. The predicted molar refractivity (Wildman–Crippen MR) is 98.3 cm³/mol. The molecule has 0 fully saturated rings. The molecule has 8 nitrogen and oxygen atoms in total. The summed E-state index contributed by atoms with van der Waals surface area (Å²) in [4.78, 5) is 35.7. The smallest absolute Gasteiger partial charge is 0.326 e. The summed E-state index contributed by atoms with van der Waals surface area (Å²) in [7, 11) is 1.51. The highest BCUT2D eigenvalue weighted by molar-refractivity contribution is 6.00. The fourth-order valence-corrected chi connectivity index (χ4v) is 2.75. The van der Waals surface area contributed by atoms with Crippen LogP contribution in [-0.4, -0.2) is 42.6 Å². The van der Waals surface area contributed by atoms with Crippen LogP contribution in [0.3, 0.4) is 0 Å². The van der Waals surface area contributed by atoms with E-state index in [1.807, 2.05) is 26.0 Å². The Labute approximate surface area is 156 Å². The summed E-state index contributed by atoms with van der Waals surface area (Å²) < 4.78 is 10.7. The van der Waals surface area contributed by atoms with Crippen LogP contribution in [0.4, 0.5) is 0 Å². The molecule has 0 bridgehead atoms. The molecule has 0 spiro atoms. The van der Waals surface area contributed by atoms with Gasteiger partial charge in [0.05, 0.1) is 13.2 Å². The number of carbonyl (C=O) groups excluding carboxylic acids is 2. The molecule has 1 atom stereocenters. The number of amides is 2. The van der Waals surface area contributed by atoms with Crippen LogP contribution in [0.15, 0.2) is 28.7 Å². The quantitative estimate of drug-likeness (QED) is 0.615. The second kappa shape index (κ2) is 9.18. The molecular weight excluding hydrogens is 352 g/mol. The van der Waals surface area contributed by atoms with Gasteiger partial charge in [0.2, 0.25) is 5.91 Å². The van der Waals surface area contributed by atoms with Crippen molar-refractivity contribution in [2.75, 3.05) is 13.7 Å². The molecule has 0 unspecified atom stereocenters. The van der Waals surface area contributed by atoms with Crippen LogP contribution in [0.5, 0.6) is 0 Å². The molecular formula is C19H24N2O6. The van der Waals surface area contributed by atoms with Crippen LogP contribution in [0, 0.1) is 5.92 Å². The van der Waals surface area contributed by atoms with Crippen LogP contribution in [0.25, 0.3) is 11.0 Å². The Morgan fingerprint density at radius 3 is 2.56 bits per heavy atom. The Hall–Kier alpha value is -2.87. The number of hydrogen-bond donors (Lipinski definition) is 3. The van der Waals surface area contributed by atoms with Crippen molar-refractivity contribution in [3.8, 4) is 0 Å². The second-order valence-corrected chi connectivity index (χ2v) is 6.61. The molecule has 0 aliphatic rings. The topological polar surface area (TPSA) is 118 Å². The van der Waals surface area contributed by atoms with E-state index in [1.165, 1.54) is 7.11 Å². The number of rotatable bonds is 9. The van der Waals surface area contributed by atoms with Gasteiger partial charge in [-0.25, -0.2) is 4.79 Å². The summed E-state index contributed by atoms with van der Waals surface area (Å²) in [5.74, 6) is -2.08. The van der Waals surface area contributed by atoms with Crippen molar-refractivity contribution >= 4 is 28.8 Å². The van der Waals surface area contributed by atoms with E-state index >= 15 is 0 Å². The summed E-state index contributed by atoms with van der Waals surface area (Å²) in [5.41, 5.74) is 1.14. The van der Waals surface area contributed by atoms with Crippen LogP contribution < -0.4 is 10.6 Å². The zero-order chi connectivity index (χ0) is 20.0. The first-order chi connectivity index (χ1) is 12.8. The summed E-state index contributed by atoms with van der Waals surface area (Å²) in [6.07, 6.45) is 0.302. The zero-order valence-corrected chi connectivity index (χ0v) is 15.6. The third-order valence-corrected chi connectivity index (χ3v) is 3.94. The van der Waals surface area contributed by atoms with Gasteiger partial charge in [-0.2, -0.15) is 0 Å². The van der Waals surface area contributed by atoms with E-state index in [0.29, 0.717) is 17.6 Å². The molecule has 2 rings (SSSR count). The Kier molecular flexibility index (Phi) is 6.95. The lowest BCUT2D eigenvalue weighted by Crippen LogP contribution is -2.46. The van der Waals surface area contributed by atoms with E-state index in [9.17, 15) is 19.5 Å². The minimum absolute atomic E-state index is 0.0721. The first-order valence-corrected chi connectivity index (χ1v) is 8.63. The first kappa shape index (κ1) is 20.4. The monoisotopic (exact) mass is 376 g/mol. The van der Waals surface area contributed by atoms with Gasteiger partial charge < -0.3 is 24.9 Å². The molecule has 0 aliphatic carbocycles.